The molecule has 0 aliphatic rings. The van der Waals surface area contributed by atoms with Gasteiger partial charge in [-0.2, -0.15) is 0 Å². The first kappa shape index (κ1) is 11.6. The fourth-order valence-corrected chi connectivity index (χ4v) is 1.85. The van der Waals surface area contributed by atoms with Crippen LogP contribution in [-0.4, -0.2) is 24.7 Å². The molecule has 0 spiro atoms. The Balaban J connectivity index is 3.03. The number of carboxylic acid groups (broad SMARTS) is 1. The summed E-state index contributed by atoms with van der Waals surface area (Å²) in [4.78, 5) is 12.6. The van der Waals surface area contributed by atoms with Crippen molar-refractivity contribution in [3.05, 3.63) is 28.2 Å². The molecular formula is C11H10BrNO2. The zero-order valence-electron chi connectivity index (χ0n) is 8.20. The molecule has 0 aromatic heterocycles. The van der Waals surface area contributed by atoms with Gasteiger partial charge in [0.2, 0.25) is 0 Å². The lowest BCUT2D eigenvalue weighted by molar-refractivity contribution is 0.0697. The van der Waals surface area contributed by atoms with Crippen molar-refractivity contribution in [2.24, 2.45) is 0 Å². The quantitative estimate of drug-likeness (QED) is 0.854. The number of hydrogen-bond donors (Lipinski definition) is 1. The third kappa shape index (κ3) is 2.74. The highest BCUT2D eigenvalue weighted by atomic mass is 79.9. The minimum absolute atomic E-state index is 0.250. The SMILES string of the molecule is C#CCN(C)c1ccc(C(=O)O)cc1Br. The highest BCUT2D eigenvalue weighted by molar-refractivity contribution is 9.10. The molecule has 0 radical (unpaired) electrons. The van der Waals surface area contributed by atoms with Gasteiger partial charge in [0, 0.05) is 11.5 Å². The number of carbonyl (C=O) groups is 1. The van der Waals surface area contributed by atoms with Gasteiger partial charge in [0.25, 0.3) is 0 Å². The maximum atomic E-state index is 10.7. The second-order valence-electron chi connectivity index (χ2n) is 3.03. The molecule has 1 aromatic carbocycles. The Morgan fingerprint density at radius 2 is 2.33 bits per heavy atom. The highest BCUT2D eigenvalue weighted by Gasteiger charge is 2.08. The number of anilines is 1. The second-order valence-corrected chi connectivity index (χ2v) is 3.89. The van der Waals surface area contributed by atoms with Crippen molar-refractivity contribution in [1.82, 2.24) is 0 Å². The van der Waals surface area contributed by atoms with E-state index in [1.807, 2.05) is 11.9 Å². The molecule has 0 bridgehead atoms. The van der Waals surface area contributed by atoms with E-state index in [0.717, 1.165) is 10.2 Å². The molecule has 1 aromatic rings. The largest absolute Gasteiger partial charge is 0.478 e. The van der Waals surface area contributed by atoms with Crippen LogP contribution in [0.25, 0.3) is 0 Å². The van der Waals surface area contributed by atoms with Crippen LogP contribution in [0.3, 0.4) is 0 Å². The van der Waals surface area contributed by atoms with Crippen LogP contribution in [-0.2, 0) is 0 Å². The van der Waals surface area contributed by atoms with E-state index in [0.29, 0.717) is 6.54 Å². The van der Waals surface area contributed by atoms with Gasteiger partial charge in [-0.25, -0.2) is 4.79 Å². The van der Waals surface area contributed by atoms with Crippen molar-refractivity contribution < 1.29 is 9.90 Å². The van der Waals surface area contributed by atoms with Crippen LogP contribution >= 0.6 is 15.9 Å². The van der Waals surface area contributed by atoms with Crippen molar-refractivity contribution in [3.8, 4) is 12.3 Å². The van der Waals surface area contributed by atoms with Gasteiger partial charge in [-0.1, -0.05) is 5.92 Å². The molecule has 4 heteroatoms. The standard InChI is InChI=1S/C11H10BrNO2/c1-3-6-13(2)10-5-4-8(11(14)15)7-9(10)12/h1,4-5,7H,6H2,2H3,(H,14,15). The van der Waals surface area contributed by atoms with Crippen molar-refractivity contribution in [2.75, 3.05) is 18.5 Å². The Labute approximate surface area is 96.8 Å². The van der Waals surface area contributed by atoms with E-state index >= 15 is 0 Å². The molecule has 1 N–H and O–H groups in total. The normalized spacial score (nSPS) is 9.40. The van der Waals surface area contributed by atoms with Crippen molar-refractivity contribution in [2.45, 2.75) is 0 Å². The maximum Gasteiger partial charge on any atom is 0.335 e. The van der Waals surface area contributed by atoms with Crippen LogP contribution in [0.5, 0.6) is 0 Å². The number of hydrogen-bond acceptors (Lipinski definition) is 2. The fourth-order valence-electron chi connectivity index (χ4n) is 1.17. The lowest BCUT2D eigenvalue weighted by Gasteiger charge is -2.17. The van der Waals surface area contributed by atoms with Gasteiger partial charge < -0.3 is 10.0 Å². The Kier molecular flexibility index (Phi) is 3.75. The van der Waals surface area contributed by atoms with Crippen LogP contribution in [0.15, 0.2) is 22.7 Å². The molecule has 0 aliphatic heterocycles. The van der Waals surface area contributed by atoms with Crippen molar-refractivity contribution in [3.63, 3.8) is 0 Å². The average Bonchev–Trinajstić information content (AvgIpc) is 2.17. The van der Waals surface area contributed by atoms with Crippen molar-refractivity contribution in [1.29, 1.82) is 0 Å². The number of halogens is 1. The third-order valence-corrected chi connectivity index (χ3v) is 2.57. The van der Waals surface area contributed by atoms with Gasteiger partial charge in [0.15, 0.2) is 0 Å². The number of terminal acetylenes is 1. The summed E-state index contributed by atoms with van der Waals surface area (Å²) >= 11 is 3.31. The summed E-state index contributed by atoms with van der Waals surface area (Å²) in [6.45, 7) is 0.477. The Hall–Kier alpha value is -1.47. The molecule has 78 valence electrons. The smallest absolute Gasteiger partial charge is 0.335 e. The van der Waals surface area contributed by atoms with E-state index in [1.165, 1.54) is 0 Å². The van der Waals surface area contributed by atoms with Crippen molar-refractivity contribution >= 4 is 27.6 Å². The minimum Gasteiger partial charge on any atom is -0.478 e. The van der Waals surface area contributed by atoms with E-state index in [-0.39, 0.29) is 5.56 Å². The van der Waals surface area contributed by atoms with Crippen LogP contribution < -0.4 is 4.90 Å². The Bertz CT molecular complexity index is 423. The van der Waals surface area contributed by atoms with Gasteiger partial charge in [-0.15, -0.1) is 6.42 Å². The van der Waals surface area contributed by atoms with Gasteiger partial charge >= 0.3 is 5.97 Å². The minimum atomic E-state index is -0.943. The lowest BCUT2D eigenvalue weighted by Crippen LogP contribution is -2.17. The van der Waals surface area contributed by atoms with E-state index in [4.69, 9.17) is 11.5 Å². The third-order valence-electron chi connectivity index (χ3n) is 1.93. The van der Waals surface area contributed by atoms with Gasteiger partial charge in [0.05, 0.1) is 17.8 Å². The maximum absolute atomic E-state index is 10.7. The molecule has 15 heavy (non-hydrogen) atoms. The van der Waals surface area contributed by atoms with Crippen LogP contribution in [0.1, 0.15) is 10.4 Å². The molecule has 0 heterocycles. The van der Waals surface area contributed by atoms with E-state index in [2.05, 4.69) is 21.9 Å². The monoisotopic (exact) mass is 267 g/mol. The van der Waals surface area contributed by atoms with E-state index < -0.39 is 5.97 Å². The number of rotatable bonds is 3. The van der Waals surface area contributed by atoms with Crippen LogP contribution in [0.4, 0.5) is 5.69 Å². The first-order valence-electron chi connectivity index (χ1n) is 4.23. The topological polar surface area (TPSA) is 40.5 Å². The molecule has 1 rings (SSSR count). The summed E-state index contributed by atoms with van der Waals surface area (Å²) in [5.74, 6) is 1.58. The zero-order chi connectivity index (χ0) is 11.4. The number of nitrogens with zero attached hydrogens (tertiary/aromatic N) is 1. The first-order valence-corrected chi connectivity index (χ1v) is 5.03. The number of benzene rings is 1. The Morgan fingerprint density at radius 1 is 1.67 bits per heavy atom. The highest BCUT2D eigenvalue weighted by Crippen LogP contribution is 2.26. The molecule has 0 atom stereocenters. The molecule has 0 aliphatic carbocycles. The summed E-state index contributed by atoms with van der Waals surface area (Å²) in [7, 11) is 1.85. The van der Waals surface area contributed by atoms with Crippen LogP contribution in [0.2, 0.25) is 0 Å². The molecule has 0 unspecified atom stereocenters. The lowest BCUT2D eigenvalue weighted by atomic mass is 10.2. The molecule has 3 nitrogen and oxygen atoms in total. The first-order chi connectivity index (χ1) is 7.06. The summed E-state index contributed by atoms with van der Waals surface area (Å²) in [6, 6.07) is 4.84. The van der Waals surface area contributed by atoms with Gasteiger partial charge in [0.1, 0.15) is 0 Å². The fraction of sp³-hybridized carbons (Fsp3) is 0.182. The summed E-state index contributed by atoms with van der Waals surface area (Å²) in [5, 5.41) is 8.78. The molecule has 0 fully saturated rings. The van der Waals surface area contributed by atoms with Gasteiger partial charge in [-0.3, -0.25) is 0 Å². The molecular weight excluding hydrogens is 258 g/mol. The molecule has 0 saturated carbocycles. The summed E-state index contributed by atoms with van der Waals surface area (Å²) in [6.07, 6.45) is 5.19. The summed E-state index contributed by atoms with van der Waals surface area (Å²) in [5.41, 5.74) is 1.12. The number of aromatic carboxylic acids is 1. The molecule has 0 saturated heterocycles. The van der Waals surface area contributed by atoms with Gasteiger partial charge in [-0.05, 0) is 34.1 Å². The van der Waals surface area contributed by atoms with Crippen LogP contribution in [0, 0.1) is 12.3 Å². The van der Waals surface area contributed by atoms with E-state index in [1.54, 1.807) is 18.2 Å². The predicted molar refractivity (Wildman–Crippen MR) is 63.2 cm³/mol. The summed E-state index contributed by atoms with van der Waals surface area (Å²) < 4.78 is 0.722. The zero-order valence-corrected chi connectivity index (χ0v) is 9.78. The average molecular weight is 268 g/mol. The van der Waals surface area contributed by atoms with E-state index in [9.17, 15) is 4.79 Å². The predicted octanol–water partition coefficient (Wildman–Crippen LogP) is 2.22. The Morgan fingerprint density at radius 3 is 2.80 bits per heavy atom. The molecule has 0 amide bonds. The second kappa shape index (κ2) is 4.85. The number of carboxylic acids is 1.